The Balaban J connectivity index is 0.00000242. The van der Waals surface area contributed by atoms with E-state index in [2.05, 4.69) is 11.8 Å². The van der Waals surface area contributed by atoms with Crippen LogP contribution in [0.2, 0.25) is 0 Å². The molecule has 0 fully saturated rings. The Morgan fingerprint density at radius 3 is 2.64 bits per heavy atom. The molecule has 0 N–H and O–H groups in total. The quantitative estimate of drug-likeness (QED) is 0.855. The van der Waals surface area contributed by atoms with Gasteiger partial charge in [0.05, 0.1) is 18.8 Å². The Morgan fingerprint density at radius 2 is 2.05 bits per heavy atom. The van der Waals surface area contributed by atoms with Crippen molar-refractivity contribution in [1.29, 1.82) is 0 Å². The van der Waals surface area contributed by atoms with Gasteiger partial charge in [-0.05, 0) is 51.2 Å². The number of ether oxygens (including phenoxy) is 2. The fraction of sp³-hybridized carbons (Fsp3) is 0.562. The van der Waals surface area contributed by atoms with E-state index < -0.39 is 0 Å². The molecule has 6 heteroatoms. The molecule has 1 aromatic carbocycles. The number of carbonyl (C=O) groups excluding carboxylic acids is 1. The normalized spacial score (nSPS) is 20.1. The van der Waals surface area contributed by atoms with Crippen molar-refractivity contribution in [1.82, 2.24) is 9.80 Å². The second-order valence-electron chi connectivity index (χ2n) is 5.67. The van der Waals surface area contributed by atoms with Crippen LogP contribution >= 0.6 is 12.4 Å². The van der Waals surface area contributed by atoms with Gasteiger partial charge in [0.1, 0.15) is 5.75 Å². The first-order valence-electron chi connectivity index (χ1n) is 7.27. The molecule has 0 spiro atoms. The molecular weight excluding hydrogens is 304 g/mol. The second-order valence-corrected chi connectivity index (χ2v) is 5.67. The third-order valence-corrected chi connectivity index (χ3v) is 3.93. The average molecular weight is 329 g/mol. The van der Waals surface area contributed by atoms with Crippen LogP contribution in [0.3, 0.4) is 0 Å². The zero-order valence-corrected chi connectivity index (χ0v) is 14.6. The molecule has 0 bridgehead atoms. The maximum atomic E-state index is 11.9. The van der Waals surface area contributed by atoms with Crippen LogP contribution in [-0.2, 0) is 11.3 Å². The number of fused-ring (bicyclic) bond motifs is 1. The van der Waals surface area contributed by atoms with E-state index >= 15 is 0 Å². The first-order valence-corrected chi connectivity index (χ1v) is 7.27. The largest absolute Gasteiger partial charge is 0.414 e. The number of likely N-dealkylation sites (N-methyl/N-ethyl adjacent to an activating group) is 1. The van der Waals surface area contributed by atoms with Gasteiger partial charge in [0.2, 0.25) is 0 Å². The minimum atomic E-state index is -0.334. The summed E-state index contributed by atoms with van der Waals surface area (Å²) in [5, 5.41) is 0. The highest BCUT2D eigenvalue weighted by atomic mass is 35.5. The molecule has 0 unspecified atom stereocenters. The highest BCUT2D eigenvalue weighted by Crippen LogP contribution is 2.35. The van der Waals surface area contributed by atoms with Crippen molar-refractivity contribution < 1.29 is 14.3 Å². The molecule has 0 radical (unpaired) electrons. The van der Waals surface area contributed by atoms with Crippen LogP contribution < -0.4 is 4.74 Å². The summed E-state index contributed by atoms with van der Waals surface area (Å²) in [5.41, 5.74) is 2.32. The lowest BCUT2D eigenvalue weighted by Crippen LogP contribution is -2.35. The van der Waals surface area contributed by atoms with E-state index in [1.54, 1.807) is 7.05 Å². The highest BCUT2D eigenvalue weighted by Gasteiger charge is 2.29. The molecule has 0 saturated heterocycles. The van der Waals surface area contributed by atoms with E-state index in [1.165, 1.54) is 10.5 Å². The predicted molar refractivity (Wildman–Crippen MR) is 88.7 cm³/mol. The van der Waals surface area contributed by atoms with Gasteiger partial charge in [0.15, 0.2) is 0 Å². The van der Waals surface area contributed by atoms with Crippen molar-refractivity contribution in [2.24, 2.45) is 0 Å². The van der Waals surface area contributed by atoms with Crippen LogP contribution in [-0.4, -0.2) is 49.7 Å². The predicted octanol–water partition coefficient (Wildman–Crippen LogP) is 3.08. The number of hydrogen-bond donors (Lipinski definition) is 0. The van der Waals surface area contributed by atoms with E-state index in [0.29, 0.717) is 18.9 Å². The van der Waals surface area contributed by atoms with Crippen LogP contribution in [0.15, 0.2) is 18.2 Å². The molecule has 2 rings (SSSR count). The summed E-state index contributed by atoms with van der Waals surface area (Å²) in [6.45, 7) is 5.20. The fourth-order valence-electron chi connectivity index (χ4n) is 2.61. The van der Waals surface area contributed by atoms with Crippen LogP contribution in [0, 0.1) is 0 Å². The Hall–Kier alpha value is -1.30. The minimum Gasteiger partial charge on any atom is -0.410 e. The summed E-state index contributed by atoms with van der Waals surface area (Å²) in [7, 11) is 5.78. The van der Waals surface area contributed by atoms with Crippen molar-refractivity contribution in [2.75, 3.05) is 27.7 Å². The van der Waals surface area contributed by atoms with Crippen LogP contribution in [0.4, 0.5) is 4.79 Å². The van der Waals surface area contributed by atoms with Gasteiger partial charge in [-0.1, -0.05) is 6.07 Å². The number of benzene rings is 1. The Labute approximate surface area is 138 Å². The van der Waals surface area contributed by atoms with Gasteiger partial charge in [0.25, 0.3) is 0 Å². The molecular formula is C16H25ClN2O3. The van der Waals surface area contributed by atoms with E-state index in [0.717, 1.165) is 5.56 Å². The standard InChI is InChI=1S/C16H24N2O3.ClH/c1-6-18(5)16(19)21-13-8-7-12-10-20-11(2)15(17(3)4)14(12)9-13;/h7-9,11,15H,6,10H2,1-5H3;1H/t11-,15-;/m1./s1. The SMILES string of the molecule is CCN(C)C(=O)Oc1ccc2c(c1)[C@H](N(C)C)[C@@H](C)OC2.Cl. The summed E-state index contributed by atoms with van der Waals surface area (Å²) in [5.74, 6) is 0.583. The van der Waals surface area contributed by atoms with Gasteiger partial charge >= 0.3 is 6.09 Å². The molecule has 1 aromatic rings. The van der Waals surface area contributed by atoms with Crippen molar-refractivity contribution in [3.8, 4) is 5.75 Å². The van der Waals surface area contributed by atoms with Crippen LogP contribution in [0.25, 0.3) is 0 Å². The number of carbonyl (C=O) groups is 1. The molecule has 0 aromatic heterocycles. The zero-order valence-electron chi connectivity index (χ0n) is 13.8. The zero-order chi connectivity index (χ0) is 15.6. The van der Waals surface area contributed by atoms with Crippen molar-refractivity contribution >= 4 is 18.5 Å². The summed E-state index contributed by atoms with van der Waals surface area (Å²) >= 11 is 0. The second kappa shape index (κ2) is 7.81. The maximum Gasteiger partial charge on any atom is 0.414 e. The maximum absolute atomic E-state index is 11.9. The molecule has 0 saturated carbocycles. The van der Waals surface area contributed by atoms with Gasteiger partial charge in [-0.25, -0.2) is 4.79 Å². The number of nitrogens with zero attached hydrogens (tertiary/aromatic N) is 2. The van der Waals surface area contributed by atoms with E-state index in [1.807, 2.05) is 39.2 Å². The smallest absolute Gasteiger partial charge is 0.410 e. The van der Waals surface area contributed by atoms with E-state index in [4.69, 9.17) is 9.47 Å². The number of halogens is 1. The van der Waals surface area contributed by atoms with Gasteiger partial charge in [-0.2, -0.15) is 0 Å². The number of hydrogen-bond acceptors (Lipinski definition) is 4. The highest BCUT2D eigenvalue weighted by molar-refractivity contribution is 5.85. The molecule has 5 nitrogen and oxygen atoms in total. The van der Waals surface area contributed by atoms with E-state index in [-0.39, 0.29) is 30.6 Å². The summed E-state index contributed by atoms with van der Waals surface area (Å²) < 4.78 is 11.2. The van der Waals surface area contributed by atoms with Crippen molar-refractivity contribution in [3.05, 3.63) is 29.3 Å². The molecule has 1 amide bonds. The lowest BCUT2D eigenvalue weighted by atomic mass is 9.93. The lowest BCUT2D eigenvalue weighted by Gasteiger charge is -2.36. The number of rotatable bonds is 3. The molecule has 0 aliphatic carbocycles. The van der Waals surface area contributed by atoms with Gasteiger partial charge in [-0.15, -0.1) is 12.4 Å². The van der Waals surface area contributed by atoms with Crippen molar-refractivity contribution in [3.63, 3.8) is 0 Å². The summed E-state index contributed by atoms with van der Waals surface area (Å²) in [4.78, 5) is 15.5. The fourth-order valence-corrected chi connectivity index (χ4v) is 2.61. The van der Waals surface area contributed by atoms with Gasteiger partial charge < -0.3 is 19.3 Å². The minimum absolute atomic E-state index is 0. The monoisotopic (exact) mass is 328 g/mol. The van der Waals surface area contributed by atoms with Crippen molar-refractivity contribution in [2.45, 2.75) is 32.6 Å². The molecule has 1 aliphatic rings. The topological polar surface area (TPSA) is 42.0 Å². The molecule has 1 aliphatic heterocycles. The Morgan fingerprint density at radius 1 is 1.36 bits per heavy atom. The molecule has 2 atom stereocenters. The lowest BCUT2D eigenvalue weighted by molar-refractivity contribution is -0.0168. The third-order valence-electron chi connectivity index (χ3n) is 3.93. The van der Waals surface area contributed by atoms with Gasteiger partial charge in [0, 0.05) is 13.6 Å². The first kappa shape index (κ1) is 18.7. The molecule has 22 heavy (non-hydrogen) atoms. The Bertz CT molecular complexity index is 522. The summed E-state index contributed by atoms with van der Waals surface area (Å²) in [6, 6.07) is 5.93. The average Bonchev–Trinajstić information content (AvgIpc) is 2.45. The molecule has 1 heterocycles. The Kier molecular flexibility index (Phi) is 6.66. The number of amides is 1. The third kappa shape index (κ3) is 3.91. The van der Waals surface area contributed by atoms with Crippen LogP contribution in [0.5, 0.6) is 5.75 Å². The van der Waals surface area contributed by atoms with Gasteiger partial charge in [-0.3, -0.25) is 0 Å². The summed E-state index contributed by atoms with van der Waals surface area (Å²) in [6.07, 6.45) is -0.226. The first-order chi connectivity index (χ1) is 9.93. The van der Waals surface area contributed by atoms with E-state index in [9.17, 15) is 4.79 Å². The molecule has 124 valence electrons. The van der Waals surface area contributed by atoms with Crippen LogP contribution in [0.1, 0.15) is 31.0 Å².